The molecule has 1 aliphatic carbocycles. The Hall–Kier alpha value is -2.57. The molecule has 2 aliphatic rings. The minimum Gasteiger partial charge on any atom is -0.481 e. The number of benzene rings is 1. The van der Waals surface area contributed by atoms with E-state index in [0.29, 0.717) is 23.8 Å². The first-order valence-electron chi connectivity index (χ1n) is 10.0. The number of ether oxygens (including phenoxy) is 1. The molecular weight excluding hydrogens is 368 g/mol. The lowest BCUT2D eigenvalue weighted by atomic mass is 9.67. The third kappa shape index (κ3) is 3.82. The Kier molecular flexibility index (Phi) is 5.48. The Morgan fingerprint density at radius 3 is 2.66 bits per heavy atom. The normalized spacial score (nSPS) is 17.8. The molecule has 1 aliphatic heterocycles. The number of carbonyl (C=O) groups excluding carboxylic acids is 1. The van der Waals surface area contributed by atoms with Crippen LogP contribution in [0.5, 0.6) is 0 Å². The number of aromatic nitrogens is 1. The van der Waals surface area contributed by atoms with Crippen molar-refractivity contribution in [1.29, 1.82) is 0 Å². The number of hydrogen-bond donors (Lipinski definition) is 2. The van der Waals surface area contributed by atoms with Crippen LogP contribution >= 0.6 is 0 Å². The fourth-order valence-electron chi connectivity index (χ4n) is 4.41. The molecule has 2 heterocycles. The number of aliphatic hydroxyl groups is 2. The average molecular weight is 394 g/mol. The van der Waals surface area contributed by atoms with Crippen molar-refractivity contribution in [3.05, 3.63) is 64.5 Å². The van der Waals surface area contributed by atoms with Crippen LogP contribution in [-0.2, 0) is 29.1 Å². The van der Waals surface area contributed by atoms with Crippen molar-refractivity contribution in [3.8, 4) is 0 Å². The number of Topliss-reactive ketones (excluding diaryl/α,β-unsaturated/α-hetero) is 1. The summed E-state index contributed by atoms with van der Waals surface area (Å²) in [6.45, 7) is 0.223. The van der Waals surface area contributed by atoms with Gasteiger partial charge in [0.1, 0.15) is 5.78 Å². The summed E-state index contributed by atoms with van der Waals surface area (Å²) < 4.78 is 5.26. The Morgan fingerprint density at radius 2 is 2.03 bits per heavy atom. The first-order chi connectivity index (χ1) is 14.0. The molecule has 0 bridgehead atoms. The number of pyridine rings is 1. The minimum absolute atomic E-state index is 0.0291. The molecule has 6 heteroatoms. The van der Waals surface area contributed by atoms with Gasteiger partial charge in [-0.3, -0.25) is 9.78 Å². The topological polar surface area (TPSA) is 92.0 Å². The number of fused-ring (bicyclic) bond motifs is 1. The smallest absolute Gasteiger partial charge is 0.218 e. The van der Waals surface area contributed by atoms with Crippen LogP contribution in [0.25, 0.3) is 0 Å². The van der Waals surface area contributed by atoms with Gasteiger partial charge in [0.25, 0.3) is 0 Å². The zero-order chi connectivity index (χ0) is 20.4. The molecule has 1 saturated carbocycles. The molecule has 1 aromatic heterocycles. The number of aliphatic hydroxyl groups excluding tert-OH is 1. The molecule has 0 amide bonds. The monoisotopic (exact) mass is 394 g/mol. The highest BCUT2D eigenvalue weighted by atomic mass is 16.5. The molecule has 0 radical (unpaired) electrons. The second kappa shape index (κ2) is 8.05. The number of carbonyl (C=O) groups is 1. The van der Waals surface area contributed by atoms with E-state index >= 15 is 0 Å². The van der Waals surface area contributed by atoms with E-state index in [9.17, 15) is 15.0 Å². The van der Waals surface area contributed by atoms with Crippen molar-refractivity contribution in [2.24, 2.45) is 4.99 Å². The van der Waals surface area contributed by atoms with Crippen LogP contribution in [-0.4, -0.2) is 39.6 Å². The zero-order valence-electron chi connectivity index (χ0n) is 16.6. The third-order valence-corrected chi connectivity index (χ3v) is 6.06. The van der Waals surface area contributed by atoms with Crippen molar-refractivity contribution in [3.63, 3.8) is 0 Å². The number of methoxy groups -OCH3 is 1. The molecule has 1 fully saturated rings. The maximum atomic E-state index is 12.9. The largest absolute Gasteiger partial charge is 0.481 e. The molecule has 4 rings (SSSR count). The molecule has 1 aromatic carbocycles. The maximum Gasteiger partial charge on any atom is 0.218 e. The number of ketones is 1. The van der Waals surface area contributed by atoms with Gasteiger partial charge in [-0.2, -0.15) is 0 Å². The summed E-state index contributed by atoms with van der Waals surface area (Å²) in [5, 5.41) is 20.7. The predicted molar refractivity (Wildman–Crippen MR) is 109 cm³/mol. The lowest BCUT2D eigenvalue weighted by molar-refractivity contribution is -0.122. The van der Waals surface area contributed by atoms with Crippen LogP contribution in [0.1, 0.15) is 59.7 Å². The molecule has 6 nitrogen and oxygen atoms in total. The Morgan fingerprint density at radius 1 is 1.28 bits per heavy atom. The van der Waals surface area contributed by atoms with Gasteiger partial charge >= 0.3 is 0 Å². The maximum absolute atomic E-state index is 12.9. The van der Waals surface area contributed by atoms with E-state index in [1.807, 2.05) is 36.4 Å². The van der Waals surface area contributed by atoms with Crippen LogP contribution in [0.2, 0.25) is 0 Å². The molecule has 1 atom stereocenters. The van der Waals surface area contributed by atoms with Crippen LogP contribution in [0.15, 0.2) is 41.4 Å². The van der Waals surface area contributed by atoms with Crippen molar-refractivity contribution in [2.75, 3.05) is 7.11 Å². The second-order valence-corrected chi connectivity index (χ2v) is 7.92. The van der Waals surface area contributed by atoms with Crippen LogP contribution in [0, 0.1) is 0 Å². The highest BCUT2D eigenvalue weighted by molar-refractivity contribution is 5.98. The summed E-state index contributed by atoms with van der Waals surface area (Å²) in [5.74, 6) is 0.298. The summed E-state index contributed by atoms with van der Waals surface area (Å²) in [4.78, 5) is 21.7. The second-order valence-electron chi connectivity index (χ2n) is 7.92. The molecule has 29 heavy (non-hydrogen) atoms. The fourth-order valence-corrected chi connectivity index (χ4v) is 4.41. The first-order valence-corrected chi connectivity index (χ1v) is 10.0. The van der Waals surface area contributed by atoms with Gasteiger partial charge in [0.05, 0.1) is 37.1 Å². The SMILES string of the molecule is COC1=NCc2cc(CC(=O)C[C@@H](c3ccccc3)C3(O)CCC3)nc(CO)c21. The minimum atomic E-state index is -0.806. The van der Waals surface area contributed by atoms with Gasteiger partial charge < -0.3 is 14.9 Å². The summed E-state index contributed by atoms with van der Waals surface area (Å²) in [6, 6.07) is 11.7. The number of hydrogen-bond acceptors (Lipinski definition) is 6. The van der Waals surface area contributed by atoms with E-state index in [2.05, 4.69) is 9.98 Å². The lowest BCUT2D eigenvalue weighted by Gasteiger charge is -2.43. The van der Waals surface area contributed by atoms with Crippen LogP contribution in [0.3, 0.4) is 0 Å². The van der Waals surface area contributed by atoms with E-state index in [-0.39, 0.29) is 31.1 Å². The quantitative estimate of drug-likeness (QED) is 0.753. The molecule has 2 aromatic rings. The first kappa shape index (κ1) is 19.7. The van der Waals surface area contributed by atoms with Crippen LogP contribution in [0.4, 0.5) is 0 Å². The van der Waals surface area contributed by atoms with Crippen molar-refractivity contribution >= 4 is 11.7 Å². The number of aliphatic imine (C=N–C) groups is 1. The predicted octanol–water partition coefficient (Wildman–Crippen LogP) is 2.68. The Bertz CT molecular complexity index is 935. The van der Waals surface area contributed by atoms with Crippen molar-refractivity contribution in [2.45, 2.75) is 56.8 Å². The van der Waals surface area contributed by atoms with E-state index < -0.39 is 5.60 Å². The summed E-state index contributed by atoms with van der Waals surface area (Å²) >= 11 is 0. The molecular formula is C23H26N2O4. The Balaban J connectivity index is 1.53. The van der Waals surface area contributed by atoms with Crippen molar-refractivity contribution < 1.29 is 19.7 Å². The average Bonchev–Trinajstić information content (AvgIpc) is 3.13. The highest BCUT2D eigenvalue weighted by Crippen LogP contribution is 2.45. The van der Waals surface area contributed by atoms with Gasteiger partial charge in [0.2, 0.25) is 5.90 Å². The molecule has 152 valence electrons. The summed E-state index contributed by atoms with van der Waals surface area (Å²) in [6.07, 6.45) is 2.88. The Labute approximate surface area is 170 Å². The van der Waals surface area contributed by atoms with E-state index in [1.54, 1.807) is 7.11 Å². The van der Waals surface area contributed by atoms with Gasteiger partial charge in [-0.25, -0.2) is 4.99 Å². The highest BCUT2D eigenvalue weighted by Gasteiger charge is 2.43. The number of rotatable bonds is 7. The molecule has 0 saturated heterocycles. The van der Waals surface area contributed by atoms with E-state index in [0.717, 1.165) is 36.0 Å². The summed E-state index contributed by atoms with van der Waals surface area (Å²) in [5.41, 5.74) is 2.95. The van der Waals surface area contributed by atoms with Crippen molar-refractivity contribution in [1.82, 2.24) is 4.98 Å². The van der Waals surface area contributed by atoms with Gasteiger partial charge in [0.15, 0.2) is 0 Å². The fraction of sp³-hybridized carbons (Fsp3) is 0.435. The molecule has 0 unspecified atom stereocenters. The van der Waals surface area contributed by atoms with Gasteiger partial charge in [0, 0.05) is 24.5 Å². The molecule has 2 N–H and O–H groups in total. The summed E-state index contributed by atoms with van der Waals surface area (Å²) in [7, 11) is 1.54. The number of nitrogens with zero attached hydrogens (tertiary/aromatic N) is 2. The van der Waals surface area contributed by atoms with Gasteiger partial charge in [-0.1, -0.05) is 30.3 Å². The van der Waals surface area contributed by atoms with Gasteiger partial charge in [-0.15, -0.1) is 0 Å². The lowest BCUT2D eigenvalue weighted by Crippen LogP contribution is -2.44. The van der Waals surface area contributed by atoms with Gasteiger partial charge in [-0.05, 0) is 36.5 Å². The van der Waals surface area contributed by atoms with Crippen LogP contribution < -0.4 is 0 Å². The van der Waals surface area contributed by atoms with E-state index in [1.165, 1.54) is 0 Å². The van der Waals surface area contributed by atoms with E-state index in [4.69, 9.17) is 4.74 Å². The third-order valence-electron chi connectivity index (χ3n) is 6.06. The standard InChI is InChI=1S/C23H26N2O4/c1-29-22-21-16(13-24-22)10-17(25-20(21)14-26)11-18(27)12-19(23(28)8-5-9-23)15-6-3-2-4-7-15/h2-4,6-7,10,19,26,28H,5,8-9,11-14H2,1H3/t19-/m0/s1. The zero-order valence-corrected chi connectivity index (χ0v) is 16.6. The molecule has 0 spiro atoms.